The summed E-state index contributed by atoms with van der Waals surface area (Å²) in [6, 6.07) is 4.17. The van der Waals surface area contributed by atoms with Gasteiger partial charge in [-0.1, -0.05) is 25.5 Å². The zero-order valence-electron chi connectivity index (χ0n) is 11.8. The van der Waals surface area contributed by atoms with Crippen molar-refractivity contribution in [1.29, 1.82) is 0 Å². The summed E-state index contributed by atoms with van der Waals surface area (Å²) in [6.45, 7) is 2.17. The van der Waals surface area contributed by atoms with E-state index >= 15 is 0 Å². The number of alkyl halides is 3. The van der Waals surface area contributed by atoms with Gasteiger partial charge in [-0.3, -0.25) is 0 Å². The maximum Gasteiger partial charge on any atom is 0.418 e. The monoisotopic (exact) mass is 304 g/mol. The molecule has 0 bridgehead atoms. The molecule has 0 saturated heterocycles. The minimum Gasteiger partial charge on any atom is -0.395 e. The van der Waals surface area contributed by atoms with Gasteiger partial charge in [0.1, 0.15) is 0 Å². The van der Waals surface area contributed by atoms with Gasteiger partial charge in [0.2, 0.25) is 0 Å². The molecular weight excluding hydrogens is 285 g/mol. The Bertz CT molecular complexity index is 464. The highest BCUT2D eigenvalue weighted by atomic mass is 19.4. The van der Waals surface area contributed by atoms with Crippen LogP contribution in [0.5, 0.6) is 0 Å². The number of carbonyl (C=O) groups is 1. The average molecular weight is 304 g/mol. The molecule has 0 heterocycles. The van der Waals surface area contributed by atoms with E-state index < -0.39 is 17.8 Å². The van der Waals surface area contributed by atoms with Gasteiger partial charge in [0.25, 0.3) is 0 Å². The number of unbranched alkanes of at least 4 members (excludes halogenated alkanes) is 1. The van der Waals surface area contributed by atoms with Crippen molar-refractivity contribution in [2.45, 2.75) is 25.9 Å². The van der Waals surface area contributed by atoms with Crippen LogP contribution in [0, 0.1) is 0 Å². The first-order valence-electron chi connectivity index (χ1n) is 6.73. The van der Waals surface area contributed by atoms with Gasteiger partial charge >= 0.3 is 12.2 Å². The Kier molecular flexibility index (Phi) is 6.48. The zero-order chi connectivity index (χ0) is 15.9. The molecule has 0 aliphatic carbocycles. The molecule has 1 aromatic rings. The minimum absolute atomic E-state index is 0.0834. The predicted molar refractivity (Wildman–Crippen MR) is 74.0 cm³/mol. The number of aliphatic hydroxyl groups is 1. The number of aliphatic hydroxyl groups excluding tert-OH is 1. The number of halogens is 3. The van der Waals surface area contributed by atoms with Crippen molar-refractivity contribution in [2.24, 2.45) is 0 Å². The number of carbonyl (C=O) groups excluding carboxylic acids is 1. The number of hydrogen-bond donors (Lipinski definition) is 2. The van der Waals surface area contributed by atoms with Crippen LogP contribution in [0.2, 0.25) is 0 Å². The Labute approximate surface area is 121 Å². The van der Waals surface area contributed by atoms with E-state index in [1.807, 2.05) is 6.92 Å². The Morgan fingerprint density at radius 3 is 2.52 bits per heavy atom. The molecule has 0 unspecified atom stereocenters. The number of rotatable bonds is 6. The Hall–Kier alpha value is -1.76. The number of nitrogens with zero attached hydrogens (tertiary/aromatic N) is 1. The van der Waals surface area contributed by atoms with Gasteiger partial charge in [0.15, 0.2) is 0 Å². The van der Waals surface area contributed by atoms with Gasteiger partial charge in [-0.15, -0.1) is 0 Å². The molecule has 2 amide bonds. The highest BCUT2D eigenvalue weighted by molar-refractivity contribution is 5.90. The van der Waals surface area contributed by atoms with Crippen LogP contribution < -0.4 is 5.32 Å². The van der Waals surface area contributed by atoms with Crippen LogP contribution in [-0.4, -0.2) is 35.7 Å². The fourth-order valence-electron chi connectivity index (χ4n) is 1.82. The molecule has 0 spiro atoms. The van der Waals surface area contributed by atoms with Crippen molar-refractivity contribution in [3.05, 3.63) is 29.8 Å². The Morgan fingerprint density at radius 1 is 1.29 bits per heavy atom. The first-order valence-corrected chi connectivity index (χ1v) is 6.73. The van der Waals surface area contributed by atoms with Gasteiger partial charge in [-0.05, 0) is 18.6 Å². The topological polar surface area (TPSA) is 52.6 Å². The summed E-state index contributed by atoms with van der Waals surface area (Å²) < 4.78 is 38.5. The van der Waals surface area contributed by atoms with Crippen LogP contribution in [0.4, 0.5) is 23.7 Å². The van der Waals surface area contributed by atoms with Crippen molar-refractivity contribution in [1.82, 2.24) is 4.90 Å². The minimum atomic E-state index is -4.53. The zero-order valence-corrected chi connectivity index (χ0v) is 11.8. The molecule has 21 heavy (non-hydrogen) atoms. The summed E-state index contributed by atoms with van der Waals surface area (Å²) in [7, 11) is 0. The lowest BCUT2D eigenvalue weighted by Gasteiger charge is -2.23. The quantitative estimate of drug-likeness (QED) is 0.847. The molecule has 0 aliphatic rings. The third kappa shape index (κ3) is 5.26. The molecule has 4 nitrogen and oxygen atoms in total. The summed E-state index contributed by atoms with van der Waals surface area (Å²) in [5.74, 6) is 0. The number of benzene rings is 1. The van der Waals surface area contributed by atoms with Gasteiger partial charge < -0.3 is 15.3 Å². The van der Waals surface area contributed by atoms with Crippen LogP contribution in [-0.2, 0) is 6.18 Å². The van der Waals surface area contributed by atoms with Crippen LogP contribution in [0.3, 0.4) is 0 Å². The number of para-hydroxylation sites is 1. The van der Waals surface area contributed by atoms with Gasteiger partial charge in [-0.25, -0.2) is 4.79 Å². The highest BCUT2D eigenvalue weighted by Gasteiger charge is 2.33. The van der Waals surface area contributed by atoms with Gasteiger partial charge in [-0.2, -0.15) is 13.2 Å². The molecule has 0 radical (unpaired) electrons. The van der Waals surface area contributed by atoms with E-state index in [9.17, 15) is 18.0 Å². The van der Waals surface area contributed by atoms with Crippen LogP contribution in [0.15, 0.2) is 24.3 Å². The number of anilines is 1. The van der Waals surface area contributed by atoms with Crippen LogP contribution in [0.1, 0.15) is 25.3 Å². The standard InChI is InChI=1S/C14H19F3N2O2/c1-2-3-8-19(9-10-20)13(21)18-12-7-5-4-6-11(12)14(15,16)17/h4-7,20H,2-3,8-10H2,1H3,(H,18,21). The third-order valence-electron chi connectivity index (χ3n) is 2.91. The van der Waals surface area contributed by atoms with Crippen molar-refractivity contribution in [2.75, 3.05) is 25.0 Å². The van der Waals surface area contributed by atoms with Crippen LogP contribution >= 0.6 is 0 Å². The number of hydrogen-bond acceptors (Lipinski definition) is 2. The number of amides is 2. The second-order valence-corrected chi connectivity index (χ2v) is 4.54. The van der Waals surface area contributed by atoms with E-state index in [2.05, 4.69) is 5.32 Å². The van der Waals surface area contributed by atoms with Crippen LogP contribution in [0.25, 0.3) is 0 Å². The molecule has 1 aromatic carbocycles. The lowest BCUT2D eigenvalue weighted by Crippen LogP contribution is -2.38. The summed E-state index contributed by atoms with van der Waals surface area (Å²) in [5, 5.41) is 11.2. The second-order valence-electron chi connectivity index (χ2n) is 4.54. The van der Waals surface area contributed by atoms with Crippen molar-refractivity contribution in [3.8, 4) is 0 Å². The summed E-state index contributed by atoms with van der Waals surface area (Å²) in [5.41, 5.74) is -1.17. The van der Waals surface area contributed by atoms with E-state index in [0.717, 1.165) is 12.5 Å². The molecule has 0 atom stereocenters. The first kappa shape index (κ1) is 17.3. The molecule has 0 fully saturated rings. The highest BCUT2D eigenvalue weighted by Crippen LogP contribution is 2.34. The summed E-state index contributed by atoms with van der Waals surface area (Å²) in [6.07, 6.45) is -2.97. The SMILES string of the molecule is CCCCN(CCO)C(=O)Nc1ccccc1C(F)(F)F. The molecule has 7 heteroatoms. The Balaban J connectivity index is 2.86. The largest absolute Gasteiger partial charge is 0.418 e. The van der Waals surface area contributed by atoms with E-state index in [4.69, 9.17) is 5.11 Å². The number of nitrogens with one attached hydrogen (secondary N) is 1. The van der Waals surface area contributed by atoms with Crippen molar-refractivity contribution in [3.63, 3.8) is 0 Å². The first-order chi connectivity index (χ1) is 9.90. The molecule has 118 valence electrons. The van der Waals surface area contributed by atoms with E-state index in [1.54, 1.807) is 0 Å². The third-order valence-corrected chi connectivity index (χ3v) is 2.91. The van der Waals surface area contributed by atoms with Crippen molar-refractivity contribution < 1.29 is 23.1 Å². The second kappa shape index (κ2) is 7.87. The van der Waals surface area contributed by atoms with E-state index in [-0.39, 0.29) is 18.8 Å². The average Bonchev–Trinajstić information content (AvgIpc) is 2.42. The Morgan fingerprint density at radius 2 is 1.95 bits per heavy atom. The molecule has 1 rings (SSSR count). The normalized spacial score (nSPS) is 11.3. The lowest BCUT2D eigenvalue weighted by atomic mass is 10.1. The lowest BCUT2D eigenvalue weighted by molar-refractivity contribution is -0.136. The smallest absolute Gasteiger partial charge is 0.395 e. The molecule has 0 aromatic heterocycles. The molecule has 0 aliphatic heterocycles. The van der Waals surface area contributed by atoms with E-state index in [0.29, 0.717) is 13.0 Å². The summed E-state index contributed by atoms with van der Waals surface area (Å²) in [4.78, 5) is 13.3. The number of urea groups is 1. The fraction of sp³-hybridized carbons (Fsp3) is 0.500. The predicted octanol–water partition coefficient (Wildman–Crippen LogP) is 3.33. The molecule has 0 saturated carbocycles. The molecule has 2 N–H and O–H groups in total. The molecular formula is C14H19F3N2O2. The maximum atomic E-state index is 12.8. The maximum absolute atomic E-state index is 12.8. The van der Waals surface area contributed by atoms with E-state index in [1.165, 1.54) is 23.1 Å². The van der Waals surface area contributed by atoms with Crippen molar-refractivity contribution >= 4 is 11.7 Å². The van der Waals surface area contributed by atoms with Gasteiger partial charge in [0, 0.05) is 13.1 Å². The van der Waals surface area contributed by atoms with Gasteiger partial charge in [0.05, 0.1) is 17.9 Å². The fourth-order valence-corrected chi connectivity index (χ4v) is 1.82. The summed E-state index contributed by atoms with van der Waals surface area (Å²) >= 11 is 0.